The average molecular weight is 949 g/mol. The molecule has 0 fully saturated rings. The Morgan fingerprint density at radius 2 is 0.625 bits per heavy atom. The van der Waals surface area contributed by atoms with E-state index < -0.39 is 91.4 Å². The van der Waals surface area contributed by atoms with Gasteiger partial charge in [-0.05, 0) is 103 Å². The predicted octanol–water partition coefficient (Wildman–Crippen LogP) is 6.99. The highest BCUT2D eigenvalue weighted by Gasteiger charge is 2.65. The molecule has 0 saturated carbocycles. The van der Waals surface area contributed by atoms with Crippen molar-refractivity contribution in [2.24, 2.45) is 0 Å². The van der Waals surface area contributed by atoms with Crippen LogP contribution in [-0.2, 0) is 27.2 Å². The van der Waals surface area contributed by atoms with E-state index in [4.69, 9.17) is 27.2 Å². The van der Waals surface area contributed by atoms with Gasteiger partial charge < -0.3 is 27.2 Å². The number of methoxy groups -OCH3 is 2. The maximum atomic E-state index is 15.0. The van der Waals surface area contributed by atoms with Crippen molar-refractivity contribution in [3.63, 3.8) is 0 Å². The summed E-state index contributed by atoms with van der Waals surface area (Å²) >= 11 is 0. The van der Waals surface area contributed by atoms with Gasteiger partial charge in [-0.15, -0.1) is 0 Å². The average Bonchev–Trinajstić information content (AvgIpc) is 3.36. The molecule has 0 saturated heterocycles. The molecule has 20 heteroatoms. The van der Waals surface area contributed by atoms with Gasteiger partial charge in [0.1, 0.15) is 58.4 Å². The van der Waals surface area contributed by atoms with Crippen molar-refractivity contribution in [2.75, 3.05) is 14.2 Å². The molecule has 0 radical (unpaired) electrons. The van der Waals surface area contributed by atoms with E-state index in [0.717, 1.165) is 0 Å². The Bertz CT molecular complexity index is 2450. The first-order chi connectivity index (χ1) is 29.7. The lowest BCUT2D eigenvalue weighted by molar-refractivity contribution is -0.206. The molecule has 4 aromatic rings. The summed E-state index contributed by atoms with van der Waals surface area (Å²) in [5.74, 6) is 2.05. The zero-order valence-corrected chi connectivity index (χ0v) is 43.7. The molecule has 0 N–H and O–H groups in total. The number of fused-ring (bicyclic) bond motifs is 5. The van der Waals surface area contributed by atoms with Crippen molar-refractivity contribution in [1.82, 2.24) is 27.9 Å². The highest BCUT2D eigenvalue weighted by Crippen LogP contribution is 2.60. The minimum atomic E-state index is -2.43. The molecule has 10 rings (SSSR count). The summed E-state index contributed by atoms with van der Waals surface area (Å²) in [6.45, 7) is 25.0. The molecular formula is C44H64N6O10Si4. The molecule has 346 valence electrons. The van der Waals surface area contributed by atoms with Gasteiger partial charge in [0.25, 0.3) is 0 Å². The molecule has 6 heterocycles. The van der Waals surface area contributed by atoms with Gasteiger partial charge in [-0.1, -0.05) is 36.4 Å². The fourth-order valence-electron chi connectivity index (χ4n) is 10.1. The Labute approximate surface area is 377 Å². The number of rotatable bonds is 13. The quantitative estimate of drug-likeness (QED) is 0.128. The largest absolute Gasteiger partial charge is 0.543 e. The summed E-state index contributed by atoms with van der Waals surface area (Å²) in [4.78, 5) is 60.0. The molecule has 0 amide bonds. The Morgan fingerprint density at radius 1 is 0.406 bits per heavy atom. The lowest BCUT2D eigenvalue weighted by Crippen LogP contribution is -2.59. The molecule has 6 atom stereocenters. The topological polar surface area (TPSA) is 153 Å². The number of hydrogen-bond acceptors (Lipinski definition) is 10. The molecule has 4 aliphatic heterocycles. The first kappa shape index (κ1) is 45.9. The van der Waals surface area contributed by atoms with Crippen LogP contribution in [0, 0.1) is 0 Å². The van der Waals surface area contributed by atoms with Crippen LogP contribution in [-0.4, -0.2) is 86.6 Å². The van der Waals surface area contributed by atoms with Crippen LogP contribution in [0.4, 0.5) is 0 Å². The second-order valence-corrected chi connectivity index (χ2v) is 39.2. The van der Waals surface area contributed by atoms with E-state index in [1.165, 1.54) is 27.9 Å². The number of allylic oxidation sites excluding steroid dienone is 4. The van der Waals surface area contributed by atoms with Crippen LogP contribution in [0.25, 0.3) is 11.4 Å². The van der Waals surface area contributed by atoms with Crippen LogP contribution < -0.4 is 22.8 Å². The lowest BCUT2D eigenvalue weighted by Gasteiger charge is -2.49. The second kappa shape index (κ2) is 15.5. The molecule has 0 spiro atoms. The third-order valence-corrected chi connectivity index (χ3v) is 15.6. The molecule has 6 aliphatic rings. The lowest BCUT2D eigenvalue weighted by atomic mass is 9.70. The predicted molar refractivity (Wildman–Crippen MR) is 254 cm³/mol. The first-order valence-corrected chi connectivity index (χ1v) is 35.7. The van der Waals surface area contributed by atoms with Crippen molar-refractivity contribution in [3.8, 4) is 11.4 Å². The number of benzene rings is 2. The summed E-state index contributed by atoms with van der Waals surface area (Å²) in [7, 11) is -6.46. The Morgan fingerprint density at radius 3 is 0.812 bits per heavy atom. The minimum Gasteiger partial charge on any atom is -0.543 e. The second-order valence-electron chi connectivity index (χ2n) is 21.4. The number of para-hydroxylation sites is 2. The summed E-state index contributed by atoms with van der Waals surface area (Å²) in [6, 6.07) is 14.3. The highest BCUT2D eigenvalue weighted by molar-refractivity contribution is 6.71. The van der Waals surface area contributed by atoms with Gasteiger partial charge in [0.15, 0.2) is 0 Å². The maximum Gasteiger partial charge on any atom is 0.352 e. The Kier molecular flexibility index (Phi) is 11.1. The summed E-state index contributed by atoms with van der Waals surface area (Å²) in [6.07, 6.45) is 0.485. The monoisotopic (exact) mass is 948 g/mol. The molecular weight excluding hydrogens is 885 g/mol. The number of nitrogens with zero attached hydrogens (tertiary/aromatic N) is 6. The van der Waals surface area contributed by atoms with Crippen LogP contribution in [0.1, 0.15) is 49.9 Å². The van der Waals surface area contributed by atoms with E-state index in [2.05, 4.69) is 78.6 Å². The van der Waals surface area contributed by atoms with Crippen LogP contribution in [0.2, 0.25) is 78.6 Å². The summed E-state index contributed by atoms with van der Waals surface area (Å²) < 4.78 is 50.7. The molecule has 2 aliphatic carbocycles. The van der Waals surface area contributed by atoms with Crippen molar-refractivity contribution in [1.29, 1.82) is 0 Å². The van der Waals surface area contributed by atoms with Gasteiger partial charge in [0.2, 0.25) is 33.3 Å². The van der Waals surface area contributed by atoms with E-state index in [1.54, 1.807) is 62.8 Å². The minimum absolute atomic E-state index is 0.121. The standard InChI is InChI=1S/C44H64N6O10Si4/c1-55-43(25-31-35(57-61(3,4)5)36(58-62(6,7)8)32(26-43)48-40(52)45(39(51)47(31)48)29-21-17-15-18-22-29)44(56-2)27-33-37(59-63(9,10)11)38(60-64(12,13)14)34(28-44)50-42(54)46(41(53)49(33)50)30-23-19-16-20-24-30/h15-24,31-34H,25-28H2,1-14H3/t31-,32+,33-,34+,43?,44?. The van der Waals surface area contributed by atoms with E-state index in [1.807, 2.05) is 12.1 Å². The zero-order valence-electron chi connectivity index (χ0n) is 39.7. The van der Waals surface area contributed by atoms with Crippen molar-refractivity contribution in [2.45, 2.75) is 140 Å². The fourth-order valence-corrected chi connectivity index (χ4v) is 13.7. The molecule has 2 unspecified atom stereocenters. The van der Waals surface area contributed by atoms with E-state index in [9.17, 15) is 19.2 Å². The SMILES string of the molecule is COC1(C2(OC)C[C@@H]3C(O[Si](C)(C)C)=C(O[Si](C)(C)C)[C@H](C2)n2c(=O)n(-c4ccccc4)c(=O)n23)C[C@@H]2C(O[Si](C)(C)C)=C(O[Si](C)(C)C)[C@H](C1)n1c(=O)n(-c3ccccc3)c(=O)n12. The van der Waals surface area contributed by atoms with Gasteiger partial charge >= 0.3 is 22.8 Å². The Balaban J connectivity index is 1.39. The van der Waals surface area contributed by atoms with Gasteiger partial charge in [-0.3, -0.25) is 0 Å². The third kappa shape index (κ3) is 7.66. The highest BCUT2D eigenvalue weighted by atomic mass is 28.4. The summed E-state index contributed by atoms with van der Waals surface area (Å²) in [5, 5.41) is 0. The number of hydrogen-bond donors (Lipinski definition) is 0. The van der Waals surface area contributed by atoms with Crippen LogP contribution in [0.3, 0.4) is 0 Å². The zero-order chi connectivity index (χ0) is 46.7. The molecule has 2 aromatic heterocycles. The van der Waals surface area contributed by atoms with Gasteiger partial charge in [0, 0.05) is 39.9 Å². The van der Waals surface area contributed by atoms with Crippen LogP contribution in [0.15, 0.2) is 103 Å². The van der Waals surface area contributed by atoms with Gasteiger partial charge in [0.05, 0.1) is 11.4 Å². The van der Waals surface area contributed by atoms with Crippen molar-refractivity contribution in [3.05, 3.63) is 126 Å². The van der Waals surface area contributed by atoms with Crippen molar-refractivity contribution < 1.29 is 27.2 Å². The van der Waals surface area contributed by atoms with Gasteiger partial charge in [-0.25, -0.2) is 47.0 Å². The Hall–Kier alpha value is -4.61. The van der Waals surface area contributed by atoms with Crippen molar-refractivity contribution >= 4 is 33.3 Å². The molecule has 16 nitrogen and oxygen atoms in total. The number of ether oxygens (including phenoxy) is 2. The fraction of sp³-hybridized carbons (Fsp3) is 0.545. The summed E-state index contributed by atoms with van der Waals surface area (Å²) in [5.41, 5.74) is -3.79. The first-order valence-electron chi connectivity index (χ1n) is 22.1. The van der Waals surface area contributed by atoms with E-state index in [-0.39, 0.29) is 25.7 Å². The van der Waals surface area contributed by atoms with Gasteiger partial charge in [-0.2, -0.15) is 0 Å². The van der Waals surface area contributed by atoms with E-state index in [0.29, 0.717) is 34.4 Å². The third-order valence-electron chi connectivity index (χ3n) is 12.3. The van der Waals surface area contributed by atoms with E-state index >= 15 is 0 Å². The molecule has 64 heavy (non-hydrogen) atoms. The molecule has 4 bridgehead atoms. The van der Waals surface area contributed by atoms with Crippen LogP contribution in [0.5, 0.6) is 0 Å². The smallest absolute Gasteiger partial charge is 0.352 e. The normalized spacial score (nSPS) is 25.8. The number of aromatic nitrogens is 6. The maximum absolute atomic E-state index is 15.0. The van der Waals surface area contributed by atoms with Crippen LogP contribution >= 0.6 is 0 Å². The molecule has 2 aromatic carbocycles.